The highest BCUT2D eigenvalue weighted by Gasteiger charge is 2.21. The SMILES string of the molecule is COCc1nc(N(C)C(C)CCSC)sc1C(=O)O. The van der Waals surface area contributed by atoms with Crippen molar-refractivity contribution in [3.8, 4) is 0 Å². The van der Waals surface area contributed by atoms with Crippen LogP contribution in [0.5, 0.6) is 0 Å². The average molecular weight is 304 g/mol. The summed E-state index contributed by atoms with van der Waals surface area (Å²) in [7, 11) is 3.49. The molecule has 0 saturated carbocycles. The number of aromatic carboxylic acids is 1. The fourth-order valence-electron chi connectivity index (χ4n) is 1.56. The summed E-state index contributed by atoms with van der Waals surface area (Å²) in [5.41, 5.74) is 0.499. The molecule has 1 atom stereocenters. The molecule has 0 saturated heterocycles. The van der Waals surface area contributed by atoms with Gasteiger partial charge in [-0.05, 0) is 25.4 Å². The Morgan fingerprint density at radius 1 is 1.63 bits per heavy atom. The second-order valence-corrected chi connectivity index (χ2v) is 6.21. The van der Waals surface area contributed by atoms with E-state index in [0.29, 0.717) is 11.7 Å². The van der Waals surface area contributed by atoms with Gasteiger partial charge in [0, 0.05) is 20.2 Å². The van der Waals surface area contributed by atoms with Crippen LogP contribution < -0.4 is 4.90 Å². The highest BCUT2D eigenvalue weighted by atomic mass is 32.2. The minimum atomic E-state index is -0.944. The van der Waals surface area contributed by atoms with Crippen LogP contribution in [0.3, 0.4) is 0 Å². The normalized spacial score (nSPS) is 12.4. The second-order valence-electron chi connectivity index (χ2n) is 4.25. The first kappa shape index (κ1) is 16.3. The summed E-state index contributed by atoms with van der Waals surface area (Å²) in [4.78, 5) is 17.8. The number of aromatic nitrogens is 1. The molecule has 1 rings (SSSR count). The Balaban J connectivity index is 2.88. The van der Waals surface area contributed by atoms with Crippen LogP contribution in [0.25, 0.3) is 0 Å². The number of carboxylic acids is 1. The number of thioether (sulfide) groups is 1. The maximum Gasteiger partial charge on any atom is 0.347 e. The Morgan fingerprint density at radius 3 is 2.84 bits per heavy atom. The number of carbonyl (C=O) groups is 1. The maximum atomic E-state index is 11.2. The van der Waals surface area contributed by atoms with Gasteiger partial charge in [-0.25, -0.2) is 9.78 Å². The molecule has 0 aliphatic carbocycles. The molecule has 0 aliphatic rings. The number of anilines is 1. The summed E-state index contributed by atoms with van der Waals surface area (Å²) < 4.78 is 5.00. The predicted octanol–water partition coefficient (Wildman–Crippen LogP) is 2.57. The van der Waals surface area contributed by atoms with Gasteiger partial charge >= 0.3 is 5.97 Å². The van der Waals surface area contributed by atoms with E-state index in [2.05, 4.69) is 18.2 Å². The minimum Gasteiger partial charge on any atom is -0.477 e. The van der Waals surface area contributed by atoms with Gasteiger partial charge in [0.15, 0.2) is 5.13 Å². The smallest absolute Gasteiger partial charge is 0.347 e. The van der Waals surface area contributed by atoms with Crippen molar-refractivity contribution in [2.24, 2.45) is 0 Å². The van der Waals surface area contributed by atoms with Crippen molar-refractivity contribution in [1.82, 2.24) is 4.98 Å². The van der Waals surface area contributed by atoms with E-state index < -0.39 is 5.97 Å². The first-order valence-corrected chi connectivity index (χ1v) is 8.16. The van der Waals surface area contributed by atoms with Crippen LogP contribution in [-0.2, 0) is 11.3 Å². The van der Waals surface area contributed by atoms with E-state index in [-0.39, 0.29) is 11.5 Å². The fraction of sp³-hybridized carbons (Fsp3) is 0.667. The van der Waals surface area contributed by atoms with E-state index in [1.165, 1.54) is 18.4 Å². The third kappa shape index (κ3) is 4.36. The van der Waals surface area contributed by atoms with Crippen molar-refractivity contribution in [2.75, 3.05) is 31.1 Å². The zero-order chi connectivity index (χ0) is 14.4. The van der Waals surface area contributed by atoms with E-state index in [0.717, 1.165) is 17.3 Å². The fourth-order valence-corrected chi connectivity index (χ4v) is 3.11. The lowest BCUT2D eigenvalue weighted by molar-refractivity contribution is 0.0697. The van der Waals surface area contributed by atoms with E-state index in [4.69, 9.17) is 9.84 Å². The van der Waals surface area contributed by atoms with Crippen molar-refractivity contribution < 1.29 is 14.6 Å². The van der Waals surface area contributed by atoms with Crippen molar-refractivity contribution in [3.63, 3.8) is 0 Å². The van der Waals surface area contributed by atoms with E-state index in [1.54, 1.807) is 11.8 Å². The third-order valence-corrected chi connectivity index (χ3v) is 4.68. The largest absolute Gasteiger partial charge is 0.477 e. The maximum absolute atomic E-state index is 11.2. The summed E-state index contributed by atoms with van der Waals surface area (Å²) in [6, 6.07) is 0.329. The topological polar surface area (TPSA) is 62.7 Å². The standard InChI is InChI=1S/C12H20N2O3S2/c1-8(5-6-18-4)14(2)12-13-9(7-17-3)10(19-12)11(15)16/h8H,5-7H2,1-4H3,(H,15,16). The molecule has 0 radical (unpaired) electrons. The Morgan fingerprint density at radius 2 is 2.32 bits per heavy atom. The van der Waals surface area contributed by atoms with Gasteiger partial charge in [0.1, 0.15) is 4.88 Å². The molecule has 1 aromatic rings. The summed E-state index contributed by atoms with van der Waals surface area (Å²) in [6.45, 7) is 2.35. The monoisotopic (exact) mass is 304 g/mol. The zero-order valence-electron chi connectivity index (χ0n) is 11.7. The van der Waals surface area contributed by atoms with E-state index in [1.807, 2.05) is 11.9 Å². The van der Waals surface area contributed by atoms with Crippen LogP contribution in [0.2, 0.25) is 0 Å². The van der Waals surface area contributed by atoms with Crippen molar-refractivity contribution in [3.05, 3.63) is 10.6 Å². The summed E-state index contributed by atoms with van der Waals surface area (Å²) in [5.74, 6) is 0.133. The van der Waals surface area contributed by atoms with Crippen LogP contribution >= 0.6 is 23.1 Å². The van der Waals surface area contributed by atoms with Gasteiger partial charge in [-0.2, -0.15) is 11.8 Å². The molecule has 0 bridgehead atoms. The van der Waals surface area contributed by atoms with Gasteiger partial charge in [0.2, 0.25) is 0 Å². The minimum absolute atomic E-state index is 0.227. The Hall–Kier alpha value is -0.790. The summed E-state index contributed by atoms with van der Waals surface area (Å²) >= 11 is 3.01. The molecule has 0 aromatic carbocycles. The van der Waals surface area contributed by atoms with E-state index >= 15 is 0 Å². The quantitative estimate of drug-likeness (QED) is 0.796. The molecular formula is C12H20N2O3S2. The number of ether oxygens (including phenoxy) is 1. The molecule has 1 heterocycles. The van der Waals surface area contributed by atoms with Crippen LogP contribution in [-0.4, -0.2) is 48.3 Å². The van der Waals surface area contributed by atoms with Gasteiger partial charge in [-0.3, -0.25) is 0 Å². The van der Waals surface area contributed by atoms with E-state index in [9.17, 15) is 4.79 Å². The third-order valence-electron chi connectivity index (χ3n) is 2.86. The molecule has 0 amide bonds. The lowest BCUT2D eigenvalue weighted by Gasteiger charge is -2.23. The van der Waals surface area contributed by atoms with Gasteiger partial charge < -0.3 is 14.7 Å². The zero-order valence-corrected chi connectivity index (χ0v) is 13.3. The molecule has 0 spiro atoms. The summed E-state index contributed by atoms with van der Waals surface area (Å²) in [6.07, 6.45) is 3.12. The molecule has 5 nitrogen and oxygen atoms in total. The Labute approximate surface area is 122 Å². The van der Waals surface area contributed by atoms with Crippen LogP contribution in [0.15, 0.2) is 0 Å². The molecule has 19 heavy (non-hydrogen) atoms. The van der Waals surface area contributed by atoms with Crippen molar-refractivity contribution in [2.45, 2.75) is 26.0 Å². The number of thiazole rings is 1. The molecule has 1 aromatic heterocycles. The highest BCUT2D eigenvalue weighted by Crippen LogP contribution is 2.28. The number of rotatable bonds is 8. The number of nitrogens with zero attached hydrogens (tertiary/aromatic N) is 2. The van der Waals surface area contributed by atoms with Crippen LogP contribution in [0.1, 0.15) is 28.7 Å². The molecule has 1 N–H and O–H groups in total. The lowest BCUT2D eigenvalue weighted by Crippen LogP contribution is -2.29. The van der Waals surface area contributed by atoms with Gasteiger partial charge in [0.05, 0.1) is 12.3 Å². The van der Waals surface area contributed by atoms with Gasteiger partial charge in [-0.15, -0.1) is 0 Å². The number of methoxy groups -OCH3 is 1. The second kappa shape index (κ2) is 7.72. The van der Waals surface area contributed by atoms with Crippen LogP contribution in [0.4, 0.5) is 5.13 Å². The molecule has 7 heteroatoms. The molecular weight excluding hydrogens is 284 g/mol. The van der Waals surface area contributed by atoms with Crippen LogP contribution in [0, 0.1) is 0 Å². The molecule has 0 fully saturated rings. The molecule has 1 unspecified atom stereocenters. The lowest BCUT2D eigenvalue weighted by atomic mass is 10.2. The predicted molar refractivity (Wildman–Crippen MR) is 80.7 cm³/mol. The number of carboxylic acid groups (broad SMARTS) is 1. The Bertz CT molecular complexity index is 423. The molecule has 108 valence electrons. The van der Waals surface area contributed by atoms with Gasteiger partial charge in [0.25, 0.3) is 0 Å². The number of hydrogen-bond donors (Lipinski definition) is 1. The average Bonchev–Trinajstić information content (AvgIpc) is 2.79. The van der Waals surface area contributed by atoms with Gasteiger partial charge in [-0.1, -0.05) is 11.3 Å². The first-order valence-electron chi connectivity index (χ1n) is 5.95. The number of hydrogen-bond acceptors (Lipinski definition) is 6. The van der Waals surface area contributed by atoms with Crippen molar-refractivity contribution in [1.29, 1.82) is 0 Å². The highest BCUT2D eigenvalue weighted by molar-refractivity contribution is 7.98. The Kier molecular flexibility index (Phi) is 6.60. The summed E-state index contributed by atoms with van der Waals surface area (Å²) in [5, 5.41) is 9.89. The first-order chi connectivity index (χ1) is 9.01. The molecule has 0 aliphatic heterocycles. The van der Waals surface area contributed by atoms with Crippen molar-refractivity contribution >= 4 is 34.2 Å².